The number of nitrogens with zero attached hydrogens (tertiary/aromatic N) is 1. The third-order valence-corrected chi connectivity index (χ3v) is 4.88. The normalized spacial score (nSPS) is 11.6. The zero-order valence-corrected chi connectivity index (χ0v) is 13.4. The van der Waals surface area contributed by atoms with E-state index < -0.39 is 15.8 Å². The predicted octanol–water partition coefficient (Wildman–Crippen LogP) is 4.33. The van der Waals surface area contributed by atoms with Gasteiger partial charge in [0.25, 0.3) is 0 Å². The first kappa shape index (κ1) is 15.7. The van der Waals surface area contributed by atoms with Gasteiger partial charge in [0.2, 0.25) is 9.84 Å². The summed E-state index contributed by atoms with van der Waals surface area (Å²) in [6.45, 7) is 0. The maximum absolute atomic E-state index is 12.5. The number of para-hydroxylation sites is 1. The summed E-state index contributed by atoms with van der Waals surface area (Å²) < 4.78 is 35.3. The Balaban J connectivity index is 1.89. The minimum absolute atomic E-state index is 0.0555. The van der Waals surface area contributed by atoms with E-state index in [1.807, 2.05) is 18.2 Å². The van der Waals surface area contributed by atoms with Crippen LogP contribution >= 0.6 is 11.6 Å². The number of rotatable bonds is 4. The molecule has 0 amide bonds. The minimum Gasteiger partial charge on any atom is -0.340 e. The van der Waals surface area contributed by atoms with Crippen molar-refractivity contribution < 1.29 is 12.8 Å². The maximum Gasteiger partial charge on any atom is 0.207 e. The van der Waals surface area contributed by atoms with Crippen molar-refractivity contribution in [2.45, 2.75) is 4.90 Å². The first-order valence-electron chi connectivity index (χ1n) is 6.71. The molecule has 0 atom stereocenters. The molecule has 4 nitrogen and oxygen atoms in total. The van der Waals surface area contributed by atoms with Crippen LogP contribution in [0, 0.1) is 0 Å². The van der Waals surface area contributed by atoms with Gasteiger partial charge in [-0.1, -0.05) is 23.7 Å². The summed E-state index contributed by atoms with van der Waals surface area (Å²) in [5.74, 6) is 0.576. The molecule has 0 saturated heterocycles. The first-order chi connectivity index (χ1) is 11.0. The van der Waals surface area contributed by atoms with Gasteiger partial charge < -0.3 is 5.32 Å². The van der Waals surface area contributed by atoms with Crippen LogP contribution in [0.5, 0.6) is 0 Å². The van der Waals surface area contributed by atoms with Crippen molar-refractivity contribution in [2.75, 3.05) is 11.3 Å². The number of nitrogens with one attached hydrogen (secondary N) is 1. The van der Waals surface area contributed by atoms with E-state index in [0.717, 1.165) is 5.39 Å². The number of aromatic nitrogens is 1. The lowest BCUT2D eigenvalue weighted by Gasteiger charge is -2.08. The molecule has 0 aliphatic rings. The van der Waals surface area contributed by atoms with Gasteiger partial charge in [0, 0.05) is 11.1 Å². The van der Waals surface area contributed by atoms with Crippen LogP contribution in [0.2, 0.25) is 5.02 Å². The van der Waals surface area contributed by atoms with E-state index in [-0.39, 0.29) is 4.90 Å². The predicted molar refractivity (Wildman–Crippen MR) is 89.6 cm³/mol. The van der Waals surface area contributed by atoms with E-state index in [4.69, 9.17) is 11.6 Å². The number of alkyl halides is 1. The van der Waals surface area contributed by atoms with Gasteiger partial charge in [0.1, 0.15) is 5.82 Å². The fourth-order valence-corrected chi connectivity index (χ4v) is 3.04. The van der Waals surface area contributed by atoms with E-state index in [1.54, 1.807) is 24.3 Å². The molecule has 0 radical (unpaired) electrons. The Kier molecular flexibility index (Phi) is 4.19. The van der Waals surface area contributed by atoms with Crippen molar-refractivity contribution >= 4 is 43.8 Å². The standard InChI is InChI=1S/C16H12ClFN2O2S/c17-14-3-1-2-11-4-9-15(20-16(11)14)19-12-5-7-13(8-6-12)23(21,22)10-18/h1-9H,10H2,(H,19,20). The quantitative estimate of drug-likeness (QED) is 0.760. The largest absolute Gasteiger partial charge is 0.340 e. The summed E-state index contributed by atoms with van der Waals surface area (Å²) in [7, 11) is -3.85. The van der Waals surface area contributed by atoms with Crippen molar-refractivity contribution in [3.63, 3.8) is 0 Å². The fraction of sp³-hybridized carbons (Fsp3) is 0.0625. The number of benzene rings is 2. The van der Waals surface area contributed by atoms with E-state index in [0.29, 0.717) is 22.0 Å². The average molecular weight is 351 g/mol. The third-order valence-electron chi connectivity index (χ3n) is 3.30. The highest BCUT2D eigenvalue weighted by Gasteiger charge is 2.13. The molecule has 0 fully saturated rings. The molecular weight excluding hydrogens is 339 g/mol. The number of pyridine rings is 1. The Morgan fingerprint density at radius 1 is 1.04 bits per heavy atom. The van der Waals surface area contributed by atoms with Crippen LogP contribution in [0.3, 0.4) is 0 Å². The zero-order valence-electron chi connectivity index (χ0n) is 11.8. The molecule has 0 aliphatic heterocycles. The van der Waals surface area contributed by atoms with E-state index >= 15 is 0 Å². The molecule has 0 aliphatic carbocycles. The molecule has 3 rings (SSSR count). The lowest BCUT2D eigenvalue weighted by atomic mass is 10.2. The fourth-order valence-electron chi connectivity index (χ4n) is 2.14. The van der Waals surface area contributed by atoms with E-state index in [2.05, 4.69) is 10.3 Å². The summed E-state index contributed by atoms with van der Waals surface area (Å²) in [6.07, 6.45) is 0. The van der Waals surface area contributed by atoms with Crippen molar-refractivity contribution in [3.8, 4) is 0 Å². The molecule has 0 unspecified atom stereocenters. The highest BCUT2D eigenvalue weighted by molar-refractivity contribution is 7.91. The molecule has 1 aromatic heterocycles. The number of halogens is 2. The van der Waals surface area contributed by atoms with Crippen LogP contribution in [-0.2, 0) is 9.84 Å². The van der Waals surface area contributed by atoms with E-state index in [9.17, 15) is 12.8 Å². The molecule has 0 spiro atoms. The van der Waals surface area contributed by atoms with Crippen molar-refractivity contribution in [2.24, 2.45) is 0 Å². The zero-order chi connectivity index (χ0) is 16.4. The Morgan fingerprint density at radius 3 is 2.48 bits per heavy atom. The number of fused-ring (bicyclic) bond motifs is 1. The first-order valence-corrected chi connectivity index (χ1v) is 8.74. The van der Waals surface area contributed by atoms with Crippen LogP contribution in [0.25, 0.3) is 10.9 Å². The number of hydrogen-bond donors (Lipinski definition) is 1. The van der Waals surface area contributed by atoms with Crippen LogP contribution in [-0.4, -0.2) is 19.4 Å². The van der Waals surface area contributed by atoms with E-state index in [1.165, 1.54) is 12.1 Å². The molecule has 2 aromatic carbocycles. The highest BCUT2D eigenvalue weighted by Crippen LogP contribution is 2.25. The topological polar surface area (TPSA) is 59.1 Å². The molecule has 23 heavy (non-hydrogen) atoms. The SMILES string of the molecule is O=S(=O)(CF)c1ccc(Nc2ccc3cccc(Cl)c3n2)cc1. The van der Waals surface area contributed by atoms with Gasteiger partial charge >= 0.3 is 0 Å². The van der Waals surface area contributed by atoms with Crippen LogP contribution in [0.15, 0.2) is 59.5 Å². The summed E-state index contributed by atoms with van der Waals surface area (Å²) >= 11 is 6.13. The van der Waals surface area contributed by atoms with Gasteiger partial charge in [0.05, 0.1) is 15.4 Å². The highest BCUT2D eigenvalue weighted by atomic mass is 35.5. The van der Waals surface area contributed by atoms with Crippen molar-refractivity contribution in [1.29, 1.82) is 0 Å². The second-order valence-electron chi connectivity index (χ2n) is 4.88. The van der Waals surface area contributed by atoms with Gasteiger partial charge in [0.15, 0.2) is 6.01 Å². The number of hydrogen-bond acceptors (Lipinski definition) is 4. The Morgan fingerprint density at radius 2 is 1.78 bits per heavy atom. The van der Waals surface area contributed by atoms with Crippen molar-refractivity contribution in [1.82, 2.24) is 4.98 Å². The molecule has 7 heteroatoms. The monoisotopic (exact) mass is 350 g/mol. The summed E-state index contributed by atoms with van der Waals surface area (Å²) in [6, 6.07) is 13.6. The molecular formula is C16H12ClFN2O2S. The summed E-state index contributed by atoms with van der Waals surface area (Å²) in [5.41, 5.74) is 1.32. The lowest BCUT2D eigenvalue weighted by molar-refractivity contribution is 0.534. The second-order valence-corrected chi connectivity index (χ2v) is 7.21. The Hall–Kier alpha value is -2.18. The molecule has 1 N–H and O–H groups in total. The van der Waals surface area contributed by atoms with Gasteiger partial charge in [-0.05, 0) is 42.5 Å². The van der Waals surface area contributed by atoms with Gasteiger partial charge in [-0.15, -0.1) is 0 Å². The molecule has 0 bridgehead atoms. The summed E-state index contributed by atoms with van der Waals surface area (Å²) in [5, 5.41) is 4.54. The molecule has 0 saturated carbocycles. The van der Waals surface area contributed by atoms with Gasteiger partial charge in [-0.2, -0.15) is 0 Å². The Bertz CT molecular complexity index is 959. The smallest absolute Gasteiger partial charge is 0.207 e. The van der Waals surface area contributed by atoms with Gasteiger partial charge in [-0.25, -0.2) is 17.8 Å². The third kappa shape index (κ3) is 3.28. The van der Waals surface area contributed by atoms with Crippen molar-refractivity contribution in [3.05, 3.63) is 59.6 Å². The average Bonchev–Trinajstić information content (AvgIpc) is 2.56. The molecule has 3 aromatic rings. The van der Waals surface area contributed by atoms with Crippen LogP contribution in [0.4, 0.5) is 15.9 Å². The van der Waals surface area contributed by atoms with Crippen LogP contribution < -0.4 is 5.32 Å². The Labute approximate surface area is 137 Å². The molecule has 1 heterocycles. The lowest BCUT2D eigenvalue weighted by Crippen LogP contribution is -2.02. The second kappa shape index (κ2) is 6.14. The van der Waals surface area contributed by atoms with Crippen LogP contribution in [0.1, 0.15) is 0 Å². The molecule has 118 valence electrons. The van der Waals surface area contributed by atoms with Gasteiger partial charge in [-0.3, -0.25) is 0 Å². The number of anilines is 2. The summed E-state index contributed by atoms with van der Waals surface area (Å²) in [4.78, 5) is 4.38. The maximum atomic E-state index is 12.5. The minimum atomic E-state index is -3.85. The number of sulfone groups is 1.